The standard InChI is InChI=1S/C15H18BrCl2NO/c16-12-5-4-11(8-13(12)18)14(20)19-10-15(9-17)6-2-1-3-7-15/h4-5,8H,1-3,6-7,9-10H2,(H,19,20). The summed E-state index contributed by atoms with van der Waals surface area (Å²) < 4.78 is 0.792. The molecule has 1 fully saturated rings. The Labute approximate surface area is 138 Å². The first-order valence-corrected chi connectivity index (χ1v) is 8.56. The lowest BCUT2D eigenvalue weighted by atomic mass is 9.75. The zero-order valence-electron chi connectivity index (χ0n) is 11.2. The molecule has 2 nitrogen and oxygen atoms in total. The number of carbonyl (C=O) groups excluding carboxylic acids is 1. The fourth-order valence-electron chi connectivity index (χ4n) is 2.67. The number of amides is 1. The van der Waals surface area contributed by atoms with Gasteiger partial charge in [-0.05, 0) is 47.0 Å². The maximum Gasteiger partial charge on any atom is 0.251 e. The molecule has 0 heterocycles. The van der Waals surface area contributed by atoms with Crippen molar-refractivity contribution in [3.63, 3.8) is 0 Å². The Morgan fingerprint density at radius 3 is 2.60 bits per heavy atom. The van der Waals surface area contributed by atoms with Gasteiger partial charge in [0.05, 0.1) is 5.02 Å². The molecule has 0 radical (unpaired) electrons. The van der Waals surface area contributed by atoms with Crippen molar-refractivity contribution >= 4 is 45.0 Å². The Morgan fingerprint density at radius 1 is 1.30 bits per heavy atom. The average molecular weight is 379 g/mol. The topological polar surface area (TPSA) is 29.1 Å². The number of halogens is 3. The van der Waals surface area contributed by atoms with E-state index in [-0.39, 0.29) is 11.3 Å². The van der Waals surface area contributed by atoms with Crippen molar-refractivity contribution in [1.82, 2.24) is 5.32 Å². The molecule has 0 unspecified atom stereocenters. The Hall–Kier alpha value is -0.250. The lowest BCUT2D eigenvalue weighted by Crippen LogP contribution is -2.40. The molecule has 1 aliphatic carbocycles. The summed E-state index contributed by atoms with van der Waals surface area (Å²) in [5, 5.41) is 3.55. The first kappa shape index (κ1) is 16.1. The molecule has 1 aromatic rings. The normalized spacial score (nSPS) is 17.8. The van der Waals surface area contributed by atoms with Gasteiger partial charge < -0.3 is 5.32 Å². The highest BCUT2D eigenvalue weighted by Crippen LogP contribution is 2.36. The Bertz CT molecular complexity index is 487. The second-order valence-corrected chi connectivity index (χ2v) is 7.03. The Kier molecular flexibility index (Phi) is 5.76. The summed E-state index contributed by atoms with van der Waals surface area (Å²) in [6, 6.07) is 5.23. The summed E-state index contributed by atoms with van der Waals surface area (Å²) in [5.74, 6) is 0.517. The summed E-state index contributed by atoms with van der Waals surface area (Å²) in [4.78, 5) is 12.2. The smallest absolute Gasteiger partial charge is 0.251 e. The molecule has 20 heavy (non-hydrogen) atoms. The van der Waals surface area contributed by atoms with E-state index in [0.29, 0.717) is 23.0 Å². The van der Waals surface area contributed by atoms with Crippen molar-refractivity contribution in [2.75, 3.05) is 12.4 Å². The summed E-state index contributed by atoms with van der Waals surface area (Å²) in [6.45, 7) is 0.642. The molecule has 0 aliphatic heterocycles. The van der Waals surface area contributed by atoms with E-state index in [1.807, 2.05) is 0 Å². The van der Waals surface area contributed by atoms with Crippen molar-refractivity contribution in [2.45, 2.75) is 32.1 Å². The number of alkyl halides is 1. The van der Waals surface area contributed by atoms with Gasteiger partial charge in [0.1, 0.15) is 0 Å². The van der Waals surface area contributed by atoms with E-state index < -0.39 is 0 Å². The first-order valence-electron chi connectivity index (χ1n) is 6.86. The van der Waals surface area contributed by atoms with Gasteiger partial charge in [-0.15, -0.1) is 11.6 Å². The fourth-order valence-corrected chi connectivity index (χ4v) is 3.46. The van der Waals surface area contributed by atoms with Crippen molar-refractivity contribution in [2.24, 2.45) is 5.41 Å². The molecule has 0 aromatic heterocycles. The maximum atomic E-state index is 12.2. The zero-order valence-corrected chi connectivity index (χ0v) is 14.3. The van der Waals surface area contributed by atoms with Crippen LogP contribution in [0.3, 0.4) is 0 Å². The molecule has 0 saturated heterocycles. The molecule has 1 N–H and O–H groups in total. The van der Waals surface area contributed by atoms with E-state index in [2.05, 4.69) is 21.2 Å². The highest BCUT2D eigenvalue weighted by Gasteiger charge is 2.31. The van der Waals surface area contributed by atoms with Crippen LogP contribution in [0, 0.1) is 5.41 Å². The van der Waals surface area contributed by atoms with E-state index in [1.54, 1.807) is 18.2 Å². The number of nitrogens with one attached hydrogen (secondary N) is 1. The molecule has 0 atom stereocenters. The highest BCUT2D eigenvalue weighted by atomic mass is 79.9. The predicted octanol–water partition coefficient (Wildman–Crippen LogP) is 5.02. The van der Waals surface area contributed by atoms with Gasteiger partial charge in [0.15, 0.2) is 0 Å². The Balaban J connectivity index is 1.98. The molecule has 2 rings (SSSR count). The number of carbonyl (C=O) groups is 1. The van der Waals surface area contributed by atoms with Crippen LogP contribution < -0.4 is 5.32 Å². The zero-order chi connectivity index (χ0) is 14.6. The number of hydrogen-bond acceptors (Lipinski definition) is 1. The molecule has 0 spiro atoms. The van der Waals surface area contributed by atoms with E-state index in [1.165, 1.54) is 19.3 Å². The summed E-state index contributed by atoms with van der Waals surface area (Å²) in [7, 11) is 0. The van der Waals surface area contributed by atoms with Gasteiger partial charge in [-0.25, -0.2) is 0 Å². The second-order valence-electron chi connectivity index (χ2n) is 5.51. The third-order valence-electron chi connectivity index (χ3n) is 4.00. The minimum Gasteiger partial charge on any atom is -0.351 e. The molecule has 5 heteroatoms. The van der Waals surface area contributed by atoms with E-state index in [9.17, 15) is 4.79 Å². The van der Waals surface area contributed by atoms with Crippen LogP contribution in [0.2, 0.25) is 5.02 Å². The van der Waals surface area contributed by atoms with E-state index in [4.69, 9.17) is 23.2 Å². The summed E-state index contributed by atoms with van der Waals surface area (Å²) >= 11 is 15.5. The van der Waals surface area contributed by atoms with Crippen LogP contribution >= 0.6 is 39.1 Å². The van der Waals surface area contributed by atoms with Crippen molar-refractivity contribution in [3.05, 3.63) is 33.3 Å². The van der Waals surface area contributed by atoms with Crippen molar-refractivity contribution in [3.8, 4) is 0 Å². The van der Waals surface area contributed by atoms with Crippen molar-refractivity contribution < 1.29 is 4.79 Å². The molecule has 1 amide bonds. The van der Waals surface area contributed by atoms with Gasteiger partial charge in [0, 0.05) is 27.9 Å². The number of rotatable bonds is 4. The quantitative estimate of drug-likeness (QED) is 0.732. The van der Waals surface area contributed by atoms with Gasteiger partial charge in [0.2, 0.25) is 0 Å². The molecule has 1 aliphatic rings. The third-order valence-corrected chi connectivity index (χ3v) is 5.80. The van der Waals surface area contributed by atoms with Gasteiger partial charge in [0.25, 0.3) is 5.91 Å². The molecule has 1 saturated carbocycles. The fraction of sp³-hybridized carbons (Fsp3) is 0.533. The minimum atomic E-state index is -0.0885. The molecular weight excluding hydrogens is 361 g/mol. The van der Waals surface area contributed by atoms with Gasteiger partial charge in [-0.1, -0.05) is 30.9 Å². The molecule has 1 aromatic carbocycles. The predicted molar refractivity (Wildman–Crippen MR) is 87.7 cm³/mol. The van der Waals surface area contributed by atoms with Gasteiger partial charge in [-0.3, -0.25) is 4.79 Å². The monoisotopic (exact) mass is 377 g/mol. The van der Waals surface area contributed by atoms with Crippen LogP contribution in [-0.2, 0) is 0 Å². The Morgan fingerprint density at radius 2 is 2.00 bits per heavy atom. The number of benzene rings is 1. The van der Waals surface area contributed by atoms with E-state index >= 15 is 0 Å². The average Bonchev–Trinajstić information content (AvgIpc) is 2.48. The van der Waals surface area contributed by atoms with E-state index in [0.717, 1.165) is 17.3 Å². The van der Waals surface area contributed by atoms with Crippen LogP contribution in [0.5, 0.6) is 0 Å². The van der Waals surface area contributed by atoms with Gasteiger partial charge in [-0.2, -0.15) is 0 Å². The van der Waals surface area contributed by atoms with Crippen LogP contribution in [0.1, 0.15) is 42.5 Å². The van der Waals surface area contributed by atoms with Crippen LogP contribution in [-0.4, -0.2) is 18.3 Å². The minimum absolute atomic E-state index is 0.0641. The largest absolute Gasteiger partial charge is 0.351 e. The first-order chi connectivity index (χ1) is 9.56. The second kappa shape index (κ2) is 7.15. The van der Waals surface area contributed by atoms with Crippen LogP contribution in [0.15, 0.2) is 22.7 Å². The van der Waals surface area contributed by atoms with Gasteiger partial charge >= 0.3 is 0 Å². The third kappa shape index (κ3) is 3.90. The SMILES string of the molecule is O=C(NCC1(CCl)CCCCC1)c1ccc(Br)c(Cl)c1. The van der Waals surface area contributed by atoms with Crippen LogP contribution in [0.25, 0.3) is 0 Å². The lowest BCUT2D eigenvalue weighted by Gasteiger charge is -2.35. The molecular formula is C15H18BrCl2NO. The molecule has 0 bridgehead atoms. The molecule has 110 valence electrons. The highest BCUT2D eigenvalue weighted by molar-refractivity contribution is 9.10. The summed E-state index contributed by atoms with van der Waals surface area (Å²) in [5.41, 5.74) is 0.646. The van der Waals surface area contributed by atoms with Crippen molar-refractivity contribution in [1.29, 1.82) is 0 Å². The summed E-state index contributed by atoms with van der Waals surface area (Å²) in [6.07, 6.45) is 5.87. The lowest BCUT2D eigenvalue weighted by molar-refractivity contribution is 0.0921. The number of hydrogen-bond donors (Lipinski definition) is 1. The maximum absolute atomic E-state index is 12.2. The van der Waals surface area contributed by atoms with Crippen LogP contribution in [0.4, 0.5) is 0 Å².